The molecule has 2 aromatic carbocycles. The summed E-state index contributed by atoms with van der Waals surface area (Å²) in [6, 6.07) is 16.6. The highest BCUT2D eigenvalue weighted by molar-refractivity contribution is 7.13. The molecule has 1 aliphatic heterocycles. The number of hydrogen-bond acceptors (Lipinski definition) is 6. The molecule has 0 spiro atoms. The molecule has 2 N–H and O–H groups in total. The molecule has 4 rings (SSSR count). The van der Waals surface area contributed by atoms with E-state index < -0.39 is 5.97 Å². The molecule has 2 heterocycles. The molecule has 1 aliphatic rings. The number of thiazole rings is 1. The molecule has 0 unspecified atom stereocenters. The summed E-state index contributed by atoms with van der Waals surface area (Å²) in [5.41, 5.74) is 3.45. The minimum absolute atomic E-state index is 0.111. The molecule has 1 aromatic heterocycles. The number of rotatable bonds is 4. The Kier molecular flexibility index (Phi) is 4.90. The number of ether oxygens (including phenoxy) is 1. The van der Waals surface area contributed by atoms with Crippen LogP contribution in [0, 0.1) is 12.3 Å². The van der Waals surface area contributed by atoms with Crippen LogP contribution in [-0.2, 0) is 4.74 Å². The third-order valence-electron chi connectivity index (χ3n) is 4.76. The zero-order valence-electron chi connectivity index (χ0n) is 16.0. The molecule has 29 heavy (non-hydrogen) atoms. The topological polar surface area (TPSA) is 86.5 Å². The number of carbonyl (C=O) groups excluding carboxylic acids is 1. The van der Waals surface area contributed by atoms with Crippen LogP contribution < -0.4 is 4.90 Å². The SMILES string of the molecule is COC(=O)c1ccc(N2CC(O)=C(c3nc(-c4ccccc4)c(C)s3)C2=N)cc1. The van der Waals surface area contributed by atoms with Gasteiger partial charge in [0.05, 0.1) is 30.5 Å². The smallest absolute Gasteiger partial charge is 0.337 e. The van der Waals surface area contributed by atoms with Crippen molar-refractivity contribution in [1.29, 1.82) is 5.41 Å². The van der Waals surface area contributed by atoms with Crippen LogP contribution in [0.15, 0.2) is 60.4 Å². The third-order valence-corrected chi connectivity index (χ3v) is 5.75. The second kappa shape index (κ2) is 7.52. The fourth-order valence-electron chi connectivity index (χ4n) is 3.29. The van der Waals surface area contributed by atoms with Gasteiger partial charge in [0.2, 0.25) is 0 Å². The maximum atomic E-state index is 11.6. The van der Waals surface area contributed by atoms with Crippen molar-refractivity contribution in [3.05, 3.63) is 75.8 Å². The number of aliphatic hydroxyl groups is 1. The first-order valence-electron chi connectivity index (χ1n) is 8.99. The Morgan fingerprint density at radius 3 is 2.52 bits per heavy atom. The van der Waals surface area contributed by atoms with Crippen molar-refractivity contribution >= 4 is 34.4 Å². The number of anilines is 1. The number of methoxy groups -OCH3 is 1. The van der Waals surface area contributed by atoms with Crippen molar-refractivity contribution in [1.82, 2.24) is 4.98 Å². The number of esters is 1. The van der Waals surface area contributed by atoms with Crippen molar-refractivity contribution in [3.63, 3.8) is 0 Å². The highest BCUT2D eigenvalue weighted by Gasteiger charge is 2.32. The highest BCUT2D eigenvalue weighted by Crippen LogP contribution is 2.36. The molecular formula is C22H19N3O3S. The Labute approximate surface area is 172 Å². The van der Waals surface area contributed by atoms with Crippen LogP contribution in [0.25, 0.3) is 16.8 Å². The summed E-state index contributed by atoms with van der Waals surface area (Å²) in [6.45, 7) is 2.17. The monoisotopic (exact) mass is 405 g/mol. The van der Waals surface area contributed by atoms with E-state index >= 15 is 0 Å². The van der Waals surface area contributed by atoms with E-state index in [1.165, 1.54) is 18.4 Å². The van der Waals surface area contributed by atoms with Crippen LogP contribution in [0.1, 0.15) is 20.2 Å². The summed E-state index contributed by atoms with van der Waals surface area (Å²) in [5, 5.41) is 19.8. The molecule has 0 amide bonds. The number of aryl methyl sites for hydroxylation is 1. The minimum Gasteiger partial charge on any atom is -0.510 e. The van der Waals surface area contributed by atoms with Crippen molar-refractivity contribution in [2.75, 3.05) is 18.6 Å². The summed E-state index contributed by atoms with van der Waals surface area (Å²) < 4.78 is 4.71. The second-order valence-corrected chi connectivity index (χ2v) is 7.79. The Bertz CT molecular complexity index is 1120. The van der Waals surface area contributed by atoms with Gasteiger partial charge < -0.3 is 14.7 Å². The van der Waals surface area contributed by atoms with E-state index in [9.17, 15) is 9.90 Å². The maximum Gasteiger partial charge on any atom is 0.337 e. The summed E-state index contributed by atoms with van der Waals surface area (Å²) in [7, 11) is 1.33. The van der Waals surface area contributed by atoms with Crippen LogP contribution in [0.3, 0.4) is 0 Å². The summed E-state index contributed by atoms with van der Waals surface area (Å²) >= 11 is 1.46. The average molecular weight is 405 g/mol. The number of nitrogens with zero attached hydrogens (tertiary/aromatic N) is 2. The quantitative estimate of drug-likeness (QED) is 0.616. The molecule has 6 nitrogen and oxygen atoms in total. The molecule has 0 radical (unpaired) electrons. The van der Waals surface area contributed by atoms with Crippen LogP contribution in [-0.4, -0.2) is 35.5 Å². The number of benzene rings is 2. The van der Waals surface area contributed by atoms with Crippen LogP contribution in [0.5, 0.6) is 0 Å². The number of nitrogens with one attached hydrogen (secondary N) is 1. The lowest BCUT2D eigenvalue weighted by Crippen LogP contribution is -2.26. The first kappa shape index (κ1) is 18.9. The predicted octanol–water partition coefficient (Wildman–Crippen LogP) is 4.67. The van der Waals surface area contributed by atoms with Gasteiger partial charge in [-0.2, -0.15) is 0 Å². The second-order valence-electron chi connectivity index (χ2n) is 6.58. The molecule has 0 fully saturated rings. The first-order chi connectivity index (χ1) is 14.0. The van der Waals surface area contributed by atoms with Gasteiger partial charge in [0.25, 0.3) is 0 Å². The van der Waals surface area contributed by atoms with E-state index in [0.717, 1.165) is 16.1 Å². The van der Waals surface area contributed by atoms with Crippen molar-refractivity contribution in [2.24, 2.45) is 0 Å². The summed E-state index contributed by atoms with van der Waals surface area (Å²) in [5.74, 6) is -0.122. The highest BCUT2D eigenvalue weighted by atomic mass is 32.1. The van der Waals surface area contributed by atoms with Crippen molar-refractivity contribution < 1.29 is 14.6 Å². The number of amidine groups is 1. The Morgan fingerprint density at radius 2 is 1.86 bits per heavy atom. The Morgan fingerprint density at radius 1 is 1.17 bits per heavy atom. The summed E-state index contributed by atoms with van der Waals surface area (Å²) in [6.07, 6.45) is 0. The first-order valence-corrected chi connectivity index (χ1v) is 9.81. The molecule has 0 saturated carbocycles. The fraction of sp³-hybridized carbons (Fsp3) is 0.136. The molecule has 0 saturated heterocycles. The Hall–Kier alpha value is -3.45. The zero-order valence-corrected chi connectivity index (χ0v) is 16.8. The van der Waals surface area contributed by atoms with Crippen molar-refractivity contribution in [3.8, 4) is 11.3 Å². The lowest BCUT2D eigenvalue weighted by atomic mass is 10.1. The normalized spacial score (nSPS) is 13.9. The molecule has 0 aliphatic carbocycles. The largest absolute Gasteiger partial charge is 0.510 e. The van der Waals surface area contributed by atoms with Gasteiger partial charge in [0.1, 0.15) is 16.6 Å². The van der Waals surface area contributed by atoms with E-state index in [2.05, 4.69) is 0 Å². The molecule has 146 valence electrons. The van der Waals surface area contributed by atoms with E-state index in [-0.39, 0.29) is 18.1 Å². The number of hydrogen-bond donors (Lipinski definition) is 2. The molecule has 7 heteroatoms. The Balaban J connectivity index is 1.63. The van der Waals surface area contributed by atoms with Gasteiger partial charge in [-0.25, -0.2) is 9.78 Å². The third kappa shape index (κ3) is 3.40. The van der Waals surface area contributed by atoms with E-state index in [1.54, 1.807) is 29.2 Å². The van der Waals surface area contributed by atoms with Crippen molar-refractivity contribution in [2.45, 2.75) is 6.92 Å². The van der Waals surface area contributed by atoms with Gasteiger partial charge in [0.15, 0.2) is 0 Å². The number of carbonyl (C=O) groups is 1. The van der Waals surface area contributed by atoms with Gasteiger partial charge in [-0.1, -0.05) is 30.3 Å². The lowest BCUT2D eigenvalue weighted by Gasteiger charge is -2.18. The number of aromatic nitrogens is 1. The molecular weight excluding hydrogens is 386 g/mol. The lowest BCUT2D eigenvalue weighted by molar-refractivity contribution is 0.0600. The fourth-order valence-corrected chi connectivity index (χ4v) is 4.29. The zero-order chi connectivity index (χ0) is 20.5. The van der Waals surface area contributed by atoms with E-state index in [1.807, 2.05) is 37.3 Å². The maximum absolute atomic E-state index is 11.6. The number of aliphatic hydroxyl groups excluding tert-OH is 1. The average Bonchev–Trinajstić information content (AvgIpc) is 3.26. The van der Waals surface area contributed by atoms with Gasteiger partial charge in [-0.3, -0.25) is 5.41 Å². The van der Waals surface area contributed by atoms with Crippen LogP contribution >= 0.6 is 11.3 Å². The van der Waals surface area contributed by atoms with Gasteiger partial charge in [-0.15, -0.1) is 11.3 Å². The van der Waals surface area contributed by atoms with Gasteiger partial charge in [-0.05, 0) is 31.2 Å². The summed E-state index contributed by atoms with van der Waals surface area (Å²) in [4.78, 5) is 19.0. The molecule has 0 atom stereocenters. The van der Waals surface area contributed by atoms with Crippen LogP contribution in [0.4, 0.5) is 5.69 Å². The predicted molar refractivity (Wildman–Crippen MR) is 115 cm³/mol. The molecule has 0 bridgehead atoms. The van der Waals surface area contributed by atoms with E-state index in [4.69, 9.17) is 15.1 Å². The van der Waals surface area contributed by atoms with Crippen LogP contribution in [0.2, 0.25) is 0 Å². The standard InChI is InChI=1S/C22H19N3O3S/c1-13-19(14-6-4-3-5-7-14)24-21(29-13)18-17(26)12-25(20(18)23)16-10-8-15(9-11-16)22(27)28-2/h3-11,23,26H,12H2,1-2H3. The van der Waals surface area contributed by atoms with Gasteiger partial charge in [0, 0.05) is 16.1 Å². The van der Waals surface area contributed by atoms with Gasteiger partial charge >= 0.3 is 5.97 Å². The molecule has 3 aromatic rings. The minimum atomic E-state index is -0.415. The van der Waals surface area contributed by atoms with E-state index in [0.29, 0.717) is 21.8 Å².